The summed E-state index contributed by atoms with van der Waals surface area (Å²) in [5, 5.41) is 9.16. The van der Waals surface area contributed by atoms with Gasteiger partial charge in [0.05, 0.1) is 0 Å². The average Bonchev–Trinajstić information content (AvgIpc) is 2.28. The van der Waals surface area contributed by atoms with E-state index < -0.39 is 6.09 Å². The van der Waals surface area contributed by atoms with Gasteiger partial charge >= 0.3 is 6.09 Å². The molecule has 1 rings (SSSR count). The monoisotopic (exact) mass is 300 g/mol. The van der Waals surface area contributed by atoms with E-state index in [1.54, 1.807) is 24.2 Å². The van der Waals surface area contributed by atoms with Crippen molar-refractivity contribution in [1.82, 2.24) is 9.88 Å². The average molecular weight is 300 g/mol. The van der Waals surface area contributed by atoms with Gasteiger partial charge in [-0.1, -0.05) is 0 Å². The fourth-order valence-electron chi connectivity index (χ4n) is 1.59. The highest BCUT2D eigenvalue weighted by Crippen LogP contribution is 2.20. The minimum Gasteiger partial charge on any atom is -0.465 e. The zero-order chi connectivity index (χ0) is 14.5. The Labute approximate surface area is 124 Å². The number of hydrogen-bond donors (Lipinski definition) is 2. The van der Waals surface area contributed by atoms with E-state index in [1.807, 2.05) is 26.8 Å². The molecule has 106 valence electrons. The van der Waals surface area contributed by atoms with Crippen LogP contribution in [-0.4, -0.2) is 38.9 Å². The SMILES string of the molecule is CC(C)(C)N(CCSCc1cnccc1S)C(=O)O. The van der Waals surface area contributed by atoms with Gasteiger partial charge in [0.25, 0.3) is 0 Å². The molecule has 0 radical (unpaired) electrons. The maximum atomic E-state index is 11.2. The highest BCUT2D eigenvalue weighted by molar-refractivity contribution is 7.98. The van der Waals surface area contributed by atoms with Gasteiger partial charge in [0, 0.05) is 40.9 Å². The molecule has 1 heterocycles. The van der Waals surface area contributed by atoms with Crippen LogP contribution in [0.3, 0.4) is 0 Å². The number of nitrogens with zero attached hydrogens (tertiary/aromatic N) is 2. The van der Waals surface area contributed by atoms with Crippen molar-refractivity contribution >= 4 is 30.5 Å². The molecule has 0 aliphatic rings. The Bertz CT molecular complexity index is 433. The van der Waals surface area contributed by atoms with E-state index in [9.17, 15) is 4.79 Å². The maximum Gasteiger partial charge on any atom is 0.407 e. The van der Waals surface area contributed by atoms with Gasteiger partial charge in [-0.15, -0.1) is 12.6 Å². The summed E-state index contributed by atoms with van der Waals surface area (Å²) in [6.45, 7) is 6.22. The van der Waals surface area contributed by atoms with Crippen LogP contribution in [0.4, 0.5) is 4.79 Å². The van der Waals surface area contributed by atoms with Crippen LogP contribution in [0.25, 0.3) is 0 Å². The fourth-order valence-corrected chi connectivity index (χ4v) is 2.80. The number of thiol groups is 1. The molecule has 0 fully saturated rings. The summed E-state index contributed by atoms with van der Waals surface area (Å²) in [7, 11) is 0. The van der Waals surface area contributed by atoms with Gasteiger partial charge in [0.2, 0.25) is 0 Å². The van der Waals surface area contributed by atoms with Crippen LogP contribution in [0.15, 0.2) is 23.4 Å². The quantitative estimate of drug-likeness (QED) is 0.646. The first-order valence-corrected chi connectivity index (χ1v) is 7.62. The molecule has 1 N–H and O–H groups in total. The van der Waals surface area contributed by atoms with E-state index in [2.05, 4.69) is 17.6 Å². The fraction of sp³-hybridized carbons (Fsp3) is 0.538. The molecule has 6 heteroatoms. The molecular formula is C13H20N2O2S2. The minimum absolute atomic E-state index is 0.366. The van der Waals surface area contributed by atoms with E-state index in [0.717, 1.165) is 22.0 Å². The number of aromatic nitrogens is 1. The van der Waals surface area contributed by atoms with Crippen LogP contribution >= 0.6 is 24.4 Å². The van der Waals surface area contributed by atoms with E-state index in [1.165, 1.54) is 4.90 Å². The third-order valence-corrected chi connectivity index (χ3v) is 4.06. The number of amides is 1. The lowest BCUT2D eigenvalue weighted by Crippen LogP contribution is -2.46. The summed E-state index contributed by atoms with van der Waals surface area (Å²) in [5.74, 6) is 1.55. The Morgan fingerprint density at radius 1 is 1.53 bits per heavy atom. The van der Waals surface area contributed by atoms with Crippen molar-refractivity contribution in [3.63, 3.8) is 0 Å². The van der Waals surface area contributed by atoms with E-state index in [4.69, 9.17) is 5.11 Å². The van der Waals surface area contributed by atoms with Crippen molar-refractivity contribution in [3.8, 4) is 0 Å². The standard InChI is InChI=1S/C13H20N2O2S2/c1-13(2,3)15(12(16)17)6-7-19-9-10-8-14-5-4-11(10)18/h4-5,8H,6-7,9H2,1-3H3,(H,14,18)(H,16,17). The Morgan fingerprint density at radius 3 is 2.74 bits per heavy atom. The molecule has 0 spiro atoms. The molecule has 0 aromatic carbocycles. The number of hydrogen-bond acceptors (Lipinski definition) is 4. The minimum atomic E-state index is -0.871. The molecule has 19 heavy (non-hydrogen) atoms. The number of carbonyl (C=O) groups is 1. The summed E-state index contributed by atoms with van der Waals surface area (Å²) in [6, 6.07) is 1.86. The third kappa shape index (κ3) is 5.32. The number of rotatable bonds is 5. The summed E-state index contributed by atoms with van der Waals surface area (Å²) in [6.07, 6.45) is 2.64. The van der Waals surface area contributed by atoms with Crippen molar-refractivity contribution in [2.45, 2.75) is 37.0 Å². The Hall–Kier alpha value is -0.880. The van der Waals surface area contributed by atoms with Crippen LogP contribution in [0.5, 0.6) is 0 Å². The molecular weight excluding hydrogens is 280 g/mol. The summed E-state index contributed by atoms with van der Waals surface area (Å²) >= 11 is 6.05. The molecule has 0 unspecified atom stereocenters. The van der Waals surface area contributed by atoms with Crippen molar-refractivity contribution in [2.75, 3.05) is 12.3 Å². The van der Waals surface area contributed by atoms with Gasteiger partial charge in [0.1, 0.15) is 0 Å². The molecule has 1 amide bonds. The second-order valence-corrected chi connectivity index (χ2v) is 6.75. The lowest BCUT2D eigenvalue weighted by molar-refractivity contribution is 0.105. The largest absolute Gasteiger partial charge is 0.465 e. The van der Waals surface area contributed by atoms with Crippen LogP contribution in [0, 0.1) is 0 Å². The number of thioether (sulfide) groups is 1. The molecule has 1 aromatic rings. The topological polar surface area (TPSA) is 53.4 Å². The van der Waals surface area contributed by atoms with Gasteiger partial charge in [-0.25, -0.2) is 4.79 Å². The number of carboxylic acid groups (broad SMARTS) is 1. The van der Waals surface area contributed by atoms with E-state index in [-0.39, 0.29) is 5.54 Å². The summed E-state index contributed by atoms with van der Waals surface area (Å²) < 4.78 is 0. The molecule has 4 nitrogen and oxygen atoms in total. The predicted molar refractivity (Wildman–Crippen MR) is 82.1 cm³/mol. The molecule has 0 bridgehead atoms. The van der Waals surface area contributed by atoms with Crippen molar-refractivity contribution in [3.05, 3.63) is 24.0 Å². The smallest absolute Gasteiger partial charge is 0.407 e. The van der Waals surface area contributed by atoms with Crippen molar-refractivity contribution in [2.24, 2.45) is 0 Å². The van der Waals surface area contributed by atoms with Gasteiger partial charge in [-0.05, 0) is 32.4 Å². The zero-order valence-electron chi connectivity index (χ0n) is 11.5. The maximum absolute atomic E-state index is 11.2. The highest BCUT2D eigenvalue weighted by Gasteiger charge is 2.25. The second kappa shape index (κ2) is 7.05. The molecule has 0 atom stereocenters. The lowest BCUT2D eigenvalue weighted by Gasteiger charge is -2.33. The highest BCUT2D eigenvalue weighted by atomic mass is 32.2. The van der Waals surface area contributed by atoms with Crippen molar-refractivity contribution in [1.29, 1.82) is 0 Å². The van der Waals surface area contributed by atoms with Gasteiger partial charge in [0.15, 0.2) is 0 Å². The summed E-state index contributed by atoms with van der Waals surface area (Å²) in [4.78, 5) is 17.6. The Kier molecular flexibility index (Phi) is 6.00. The molecule has 1 aromatic heterocycles. The first-order valence-electron chi connectivity index (χ1n) is 6.02. The lowest BCUT2D eigenvalue weighted by atomic mass is 10.1. The predicted octanol–water partition coefficient (Wildman–Crippen LogP) is 3.38. The van der Waals surface area contributed by atoms with Gasteiger partial charge < -0.3 is 10.0 Å². The Balaban J connectivity index is 2.42. The second-order valence-electron chi connectivity index (χ2n) is 5.16. The zero-order valence-corrected chi connectivity index (χ0v) is 13.2. The van der Waals surface area contributed by atoms with Gasteiger partial charge in [-0.3, -0.25) is 4.98 Å². The normalized spacial score (nSPS) is 11.4. The van der Waals surface area contributed by atoms with Crippen LogP contribution < -0.4 is 0 Å². The van der Waals surface area contributed by atoms with Crippen molar-refractivity contribution < 1.29 is 9.90 Å². The molecule has 0 aliphatic carbocycles. The first-order chi connectivity index (χ1) is 8.82. The molecule has 0 saturated heterocycles. The third-order valence-electron chi connectivity index (χ3n) is 2.64. The molecule has 0 aliphatic heterocycles. The van der Waals surface area contributed by atoms with Gasteiger partial charge in [-0.2, -0.15) is 11.8 Å². The summed E-state index contributed by atoms with van der Waals surface area (Å²) in [5.41, 5.74) is 0.712. The van der Waals surface area contributed by atoms with Crippen LogP contribution in [0.1, 0.15) is 26.3 Å². The van der Waals surface area contributed by atoms with Crippen LogP contribution in [0.2, 0.25) is 0 Å². The van der Waals surface area contributed by atoms with Crippen LogP contribution in [-0.2, 0) is 5.75 Å². The first kappa shape index (κ1) is 16.2. The Morgan fingerprint density at radius 2 is 2.21 bits per heavy atom. The van der Waals surface area contributed by atoms with E-state index in [0.29, 0.717) is 6.54 Å². The van der Waals surface area contributed by atoms with E-state index >= 15 is 0 Å². The number of pyridine rings is 1. The molecule has 0 saturated carbocycles.